The first kappa shape index (κ1) is 11.4. The van der Waals surface area contributed by atoms with E-state index in [1.807, 2.05) is 17.8 Å². The number of rotatable bonds is 5. The molecular formula is C13H18S. The van der Waals surface area contributed by atoms with Crippen molar-refractivity contribution in [3.8, 4) is 0 Å². The maximum atomic E-state index is 3.71. The first-order chi connectivity index (χ1) is 6.72. The van der Waals surface area contributed by atoms with Gasteiger partial charge < -0.3 is 0 Å². The standard InChI is InChI=1S/C13H18S/c1-4-9-14-13-7-5-12(6-8-13)10-11(2)3/h4-8,11H,1,9-10H2,2-3H3. The number of hydrogen-bond donors (Lipinski definition) is 0. The van der Waals surface area contributed by atoms with Gasteiger partial charge in [-0.3, -0.25) is 0 Å². The molecular weight excluding hydrogens is 188 g/mol. The molecule has 0 N–H and O–H groups in total. The Morgan fingerprint density at radius 2 is 1.93 bits per heavy atom. The number of benzene rings is 1. The molecule has 0 nitrogen and oxygen atoms in total. The van der Waals surface area contributed by atoms with Gasteiger partial charge in [0.2, 0.25) is 0 Å². The quantitative estimate of drug-likeness (QED) is 0.515. The fourth-order valence-corrected chi connectivity index (χ4v) is 1.99. The van der Waals surface area contributed by atoms with Gasteiger partial charge in [-0.1, -0.05) is 32.1 Å². The van der Waals surface area contributed by atoms with Crippen LogP contribution in [0.4, 0.5) is 0 Å². The van der Waals surface area contributed by atoms with Crippen LogP contribution in [0.25, 0.3) is 0 Å². The summed E-state index contributed by atoms with van der Waals surface area (Å²) < 4.78 is 0. The van der Waals surface area contributed by atoms with Gasteiger partial charge in [0, 0.05) is 10.6 Å². The molecule has 0 aliphatic rings. The summed E-state index contributed by atoms with van der Waals surface area (Å²) in [5.41, 5.74) is 1.43. The van der Waals surface area contributed by atoms with Crippen LogP contribution in [-0.2, 0) is 6.42 Å². The van der Waals surface area contributed by atoms with E-state index in [0.29, 0.717) is 0 Å². The van der Waals surface area contributed by atoms with Crippen molar-refractivity contribution in [2.75, 3.05) is 5.75 Å². The predicted octanol–water partition coefficient (Wildman–Crippen LogP) is 4.16. The smallest absolute Gasteiger partial charge is 0.0158 e. The van der Waals surface area contributed by atoms with Gasteiger partial charge in [0.1, 0.15) is 0 Å². The summed E-state index contributed by atoms with van der Waals surface area (Å²) in [6.45, 7) is 8.21. The molecule has 0 aliphatic heterocycles. The fraction of sp³-hybridized carbons (Fsp3) is 0.385. The lowest BCUT2D eigenvalue weighted by Crippen LogP contribution is -1.93. The molecule has 0 aliphatic carbocycles. The van der Waals surface area contributed by atoms with Gasteiger partial charge in [0.05, 0.1) is 0 Å². The lowest BCUT2D eigenvalue weighted by atomic mass is 10.0. The highest BCUT2D eigenvalue weighted by Crippen LogP contribution is 2.19. The molecule has 0 bridgehead atoms. The number of hydrogen-bond acceptors (Lipinski definition) is 1. The van der Waals surface area contributed by atoms with Gasteiger partial charge in [-0.2, -0.15) is 0 Å². The van der Waals surface area contributed by atoms with E-state index in [4.69, 9.17) is 0 Å². The highest BCUT2D eigenvalue weighted by molar-refractivity contribution is 7.99. The van der Waals surface area contributed by atoms with Crippen LogP contribution in [0.5, 0.6) is 0 Å². The van der Waals surface area contributed by atoms with E-state index in [9.17, 15) is 0 Å². The summed E-state index contributed by atoms with van der Waals surface area (Å²) in [7, 11) is 0. The molecule has 0 atom stereocenters. The summed E-state index contributed by atoms with van der Waals surface area (Å²) in [6.07, 6.45) is 3.11. The Labute approximate surface area is 91.4 Å². The third-order valence-electron chi connectivity index (χ3n) is 1.94. The van der Waals surface area contributed by atoms with E-state index in [-0.39, 0.29) is 0 Å². The zero-order valence-corrected chi connectivity index (χ0v) is 9.81. The second-order valence-electron chi connectivity index (χ2n) is 3.84. The summed E-state index contributed by atoms with van der Waals surface area (Å²) in [5, 5.41) is 0. The van der Waals surface area contributed by atoms with Crippen LogP contribution in [0.15, 0.2) is 41.8 Å². The van der Waals surface area contributed by atoms with Crippen LogP contribution in [0.2, 0.25) is 0 Å². The van der Waals surface area contributed by atoms with Gasteiger partial charge in [-0.05, 0) is 30.0 Å². The predicted molar refractivity (Wildman–Crippen MR) is 65.9 cm³/mol. The molecule has 0 saturated heterocycles. The second-order valence-corrected chi connectivity index (χ2v) is 4.94. The van der Waals surface area contributed by atoms with Gasteiger partial charge in [0.15, 0.2) is 0 Å². The van der Waals surface area contributed by atoms with Crippen LogP contribution >= 0.6 is 11.8 Å². The minimum Gasteiger partial charge on any atom is -0.122 e. The highest BCUT2D eigenvalue weighted by atomic mass is 32.2. The first-order valence-electron chi connectivity index (χ1n) is 5.05. The van der Waals surface area contributed by atoms with Crippen molar-refractivity contribution in [2.45, 2.75) is 25.2 Å². The summed E-state index contributed by atoms with van der Waals surface area (Å²) in [6, 6.07) is 8.86. The van der Waals surface area contributed by atoms with Crippen molar-refractivity contribution in [3.63, 3.8) is 0 Å². The van der Waals surface area contributed by atoms with E-state index >= 15 is 0 Å². The molecule has 1 aromatic rings. The van der Waals surface area contributed by atoms with Crippen molar-refractivity contribution >= 4 is 11.8 Å². The van der Waals surface area contributed by atoms with Crippen LogP contribution < -0.4 is 0 Å². The van der Waals surface area contributed by atoms with E-state index in [2.05, 4.69) is 44.7 Å². The molecule has 0 amide bonds. The first-order valence-corrected chi connectivity index (χ1v) is 6.03. The average molecular weight is 206 g/mol. The van der Waals surface area contributed by atoms with E-state index in [0.717, 1.165) is 11.7 Å². The van der Waals surface area contributed by atoms with Gasteiger partial charge in [-0.25, -0.2) is 0 Å². The second kappa shape index (κ2) is 5.92. The Morgan fingerprint density at radius 3 is 2.43 bits per heavy atom. The van der Waals surface area contributed by atoms with Crippen LogP contribution in [0.3, 0.4) is 0 Å². The SMILES string of the molecule is C=CCSc1ccc(CC(C)C)cc1. The van der Waals surface area contributed by atoms with Crippen molar-refractivity contribution in [1.82, 2.24) is 0 Å². The maximum absolute atomic E-state index is 3.71. The number of thioether (sulfide) groups is 1. The third kappa shape index (κ3) is 4.01. The van der Waals surface area contributed by atoms with Crippen LogP contribution in [0.1, 0.15) is 19.4 Å². The summed E-state index contributed by atoms with van der Waals surface area (Å²) in [4.78, 5) is 1.33. The lowest BCUT2D eigenvalue weighted by molar-refractivity contribution is 0.647. The molecule has 1 rings (SSSR count). The molecule has 1 heteroatoms. The molecule has 0 unspecified atom stereocenters. The Bertz CT molecular complexity index is 272. The molecule has 14 heavy (non-hydrogen) atoms. The zero-order valence-electron chi connectivity index (χ0n) is 8.99. The Hall–Kier alpha value is -0.690. The largest absolute Gasteiger partial charge is 0.122 e. The molecule has 76 valence electrons. The normalized spacial score (nSPS) is 10.5. The van der Waals surface area contributed by atoms with Gasteiger partial charge in [0.25, 0.3) is 0 Å². The van der Waals surface area contributed by atoms with Crippen LogP contribution in [-0.4, -0.2) is 5.75 Å². The van der Waals surface area contributed by atoms with Gasteiger partial charge in [-0.15, -0.1) is 18.3 Å². The molecule has 1 aromatic carbocycles. The monoisotopic (exact) mass is 206 g/mol. The topological polar surface area (TPSA) is 0 Å². The Kier molecular flexibility index (Phi) is 4.81. The Morgan fingerprint density at radius 1 is 1.29 bits per heavy atom. The minimum absolute atomic E-state index is 0.738. The van der Waals surface area contributed by atoms with Crippen molar-refractivity contribution < 1.29 is 0 Å². The van der Waals surface area contributed by atoms with Gasteiger partial charge >= 0.3 is 0 Å². The van der Waals surface area contributed by atoms with Crippen molar-refractivity contribution in [2.24, 2.45) is 5.92 Å². The average Bonchev–Trinajstić information content (AvgIpc) is 2.16. The molecule has 0 spiro atoms. The maximum Gasteiger partial charge on any atom is 0.0158 e. The molecule has 0 fully saturated rings. The van der Waals surface area contributed by atoms with Crippen LogP contribution in [0, 0.1) is 5.92 Å². The molecule has 0 radical (unpaired) electrons. The third-order valence-corrected chi connectivity index (χ3v) is 2.94. The highest BCUT2D eigenvalue weighted by Gasteiger charge is 1.97. The zero-order chi connectivity index (χ0) is 10.4. The lowest BCUT2D eigenvalue weighted by Gasteiger charge is -2.05. The summed E-state index contributed by atoms with van der Waals surface area (Å²) in [5.74, 6) is 1.73. The van der Waals surface area contributed by atoms with Crippen molar-refractivity contribution in [1.29, 1.82) is 0 Å². The van der Waals surface area contributed by atoms with E-state index < -0.39 is 0 Å². The van der Waals surface area contributed by atoms with Crippen molar-refractivity contribution in [3.05, 3.63) is 42.5 Å². The van der Waals surface area contributed by atoms with E-state index in [1.165, 1.54) is 16.9 Å². The molecule has 0 heterocycles. The Balaban J connectivity index is 2.54. The molecule has 0 saturated carbocycles. The molecule has 0 aromatic heterocycles. The fourth-order valence-electron chi connectivity index (χ4n) is 1.35. The minimum atomic E-state index is 0.738. The summed E-state index contributed by atoms with van der Waals surface area (Å²) >= 11 is 1.83. The van der Waals surface area contributed by atoms with E-state index in [1.54, 1.807) is 0 Å².